The van der Waals surface area contributed by atoms with Crippen molar-refractivity contribution in [2.75, 3.05) is 18.0 Å². The van der Waals surface area contributed by atoms with Crippen molar-refractivity contribution in [2.24, 2.45) is 11.7 Å². The number of piperidine rings is 1. The number of hydrogen-bond acceptors (Lipinski definition) is 3. The van der Waals surface area contributed by atoms with E-state index in [1.807, 2.05) is 0 Å². The molecular formula is C12H18FN3. The Bertz CT molecular complexity index is 339. The molecular weight excluding hydrogens is 205 g/mol. The Morgan fingerprint density at radius 1 is 1.56 bits per heavy atom. The zero-order valence-electron chi connectivity index (χ0n) is 9.56. The highest BCUT2D eigenvalue weighted by Crippen LogP contribution is 2.22. The molecule has 16 heavy (non-hydrogen) atoms. The van der Waals surface area contributed by atoms with Crippen molar-refractivity contribution in [1.82, 2.24) is 4.98 Å². The first-order chi connectivity index (χ1) is 7.70. The molecule has 0 amide bonds. The molecule has 2 rings (SSSR count). The smallest absolute Gasteiger partial charge is 0.141 e. The molecule has 1 fully saturated rings. The van der Waals surface area contributed by atoms with E-state index in [9.17, 15) is 4.39 Å². The quantitative estimate of drug-likeness (QED) is 0.831. The van der Waals surface area contributed by atoms with Crippen LogP contribution in [0.2, 0.25) is 0 Å². The van der Waals surface area contributed by atoms with Crippen LogP contribution < -0.4 is 10.6 Å². The average molecular weight is 223 g/mol. The minimum atomic E-state index is -0.287. The molecule has 0 saturated carbocycles. The van der Waals surface area contributed by atoms with E-state index in [0.717, 1.165) is 31.7 Å². The van der Waals surface area contributed by atoms with Crippen LogP contribution in [-0.4, -0.2) is 24.1 Å². The van der Waals surface area contributed by atoms with Gasteiger partial charge in [-0.2, -0.15) is 0 Å². The number of nitrogens with two attached hydrogens (primary N) is 1. The van der Waals surface area contributed by atoms with Gasteiger partial charge in [-0.05, 0) is 24.5 Å². The first-order valence-corrected chi connectivity index (χ1v) is 5.82. The average Bonchev–Trinajstić information content (AvgIpc) is 2.31. The fourth-order valence-electron chi connectivity index (χ4n) is 2.25. The lowest BCUT2D eigenvalue weighted by Gasteiger charge is -2.37. The zero-order valence-corrected chi connectivity index (χ0v) is 9.56. The topological polar surface area (TPSA) is 42.2 Å². The van der Waals surface area contributed by atoms with Crippen molar-refractivity contribution in [2.45, 2.75) is 25.8 Å². The third-order valence-corrected chi connectivity index (χ3v) is 3.35. The van der Waals surface area contributed by atoms with E-state index in [1.54, 1.807) is 6.07 Å². The normalized spacial score (nSPS) is 25.8. The maximum atomic E-state index is 12.8. The van der Waals surface area contributed by atoms with Gasteiger partial charge in [0.1, 0.15) is 11.6 Å². The molecule has 0 bridgehead atoms. The summed E-state index contributed by atoms with van der Waals surface area (Å²) in [6, 6.07) is 3.48. The molecule has 2 N–H and O–H groups in total. The van der Waals surface area contributed by atoms with E-state index >= 15 is 0 Å². The molecule has 0 aliphatic carbocycles. The second-order valence-corrected chi connectivity index (χ2v) is 4.40. The molecule has 1 aliphatic rings. The zero-order chi connectivity index (χ0) is 11.5. The van der Waals surface area contributed by atoms with Gasteiger partial charge in [0, 0.05) is 19.1 Å². The van der Waals surface area contributed by atoms with Gasteiger partial charge in [-0.3, -0.25) is 0 Å². The Morgan fingerprint density at radius 2 is 2.38 bits per heavy atom. The molecule has 2 heterocycles. The lowest BCUT2D eigenvalue weighted by atomic mass is 9.91. The Hall–Kier alpha value is -1.16. The summed E-state index contributed by atoms with van der Waals surface area (Å²) in [6.45, 7) is 4.00. The van der Waals surface area contributed by atoms with E-state index in [2.05, 4.69) is 16.8 Å². The lowest BCUT2D eigenvalue weighted by molar-refractivity contribution is 0.346. The Labute approximate surface area is 95.5 Å². The highest BCUT2D eigenvalue weighted by molar-refractivity contribution is 5.38. The van der Waals surface area contributed by atoms with Crippen LogP contribution in [0.1, 0.15) is 19.8 Å². The van der Waals surface area contributed by atoms with Crippen LogP contribution in [0, 0.1) is 11.7 Å². The largest absolute Gasteiger partial charge is 0.356 e. The summed E-state index contributed by atoms with van der Waals surface area (Å²) in [5.41, 5.74) is 6.05. The first-order valence-electron chi connectivity index (χ1n) is 5.82. The summed E-state index contributed by atoms with van der Waals surface area (Å²) >= 11 is 0. The maximum Gasteiger partial charge on any atom is 0.141 e. The van der Waals surface area contributed by atoms with Crippen molar-refractivity contribution in [3.05, 3.63) is 24.1 Å². The summed E-state index contributed by atoms with van der Waals surface area (Å²) in [4.78, 5) is 6.30. The van der Waals surface area contributed by atoms with Crippen LogP contribution in [0.4, 0.5) is 10.2 Å². The summed E-state index contributed by atoms with van der Waals surface area (Å²) in [6.07, 6.45) is 3.33. The second kappa shape index (κ2) is 4.78. The molecule has 1 aliphatic heterocycles. The maximum absolute atomic E-state index is 12.8. The van der Waals surface area contributed by atoms with Crippen LogP contribution >= 0.6 is 0 Å². The number of halogens is 1. The van der Waals surface area contributed by atoms with Crippen LogP contribution in [0.3, 0.4) is 0 Å². The SMILES string of the molecule is CCC1CN(c2ccc(F)cn2)CCC1N. The number of hydrogen-bond donors (Lipinski definition) is 1. The van der Waals surface area contributed by atoms with E-state index in [4.69, 9.17) is 5.73 Å². The Kier molecular flexibility index (Phi) is 3.39. The predicted octanol–water partition coefficient (Wildman–Crippen LogP) is 1.78. The third kappa shape index (κ3) is 2.32. The van der Waals surface area contributed by atoms with Crippen LogP contribution in [0.15, 0.2) is 18.3 Å². The number of anilines is 1. The molecule has 1 aromatic rings. The van der Waals surface area contributed by atoms with Crippen LogP contribution in [0.25, 0.3) is 0 Å². The first kappa shape index (κ1) is 11.3. The number of pyridine rings is 1. The lowest BCUT2D eigenvalue weighted by Crippen LogP contribution is -2.47. The van der Waals surface area contributed by atoms with E-state index in [-0.39, 0.29) is 5.82 Å². The van der Waals surface area contributed by atoms with Gasteiger partial charge in [0.2, 0.25) is 0 Å². The molecule has 0 radical (unpaired) electrons. The highest BCUT2D eigenvalue weighted by atomic mass is 19.1. The van der Waals surface area contributed by atoms with Crippen molar-refractivity contribution < 1.29 is 4.39 Å². The van der Waals surface area contributed by atoms with Gasteiger partial charge in [0.15, 0.2) is 0 Å². The Morgan fingerprint density at radius 3 is 3.00 bits per heavy atom. The molecule has 1 aromatic heterocycles. The van der Waals surface area contributed by atoms with Gasteiger partial charge in [-0.15, -0.1) is 0 Å². The number of nitrogens with zero attached hydrogens (tertiary/aromatic N) is 2. The number of aromatic nitrogens is 1. The third-order valence-electron chi connectivity index (χ3n) is 3.35. The molecule has 0 aromatic carbocycles. The van der Waals surface area contributed by atoms with E-state index < -0.39 is 0 Å². The fourth-order valence-corrected chi connectivity index (χ4v) is 2.25. The van der Waals surface area contributed by atoms with Gasteiger partial charge in [-0.25, -0.2) is 9.37 Å². The second-order valence-electron chi connectivity index (χ2n) is 4.40. The fraction of sp³-hybridized carbons (Fsp3) is 0.583. The predicted molar refractivity (Wildman–Crippen MR) is 62.8 cm³/mol. The van der Waals surface area contributed by atoms with E-state index in [0.29, 0.717) is 12.0 Å². The molecule has 2 unspecified atom stereocenters. The minimum Gasteiger partial charge on any atom is -0.356 e. The van der Waals surface area contributed by atoms with Crippen molar-refractivity contribution in [1.29, 1.82) is 0 Å². The van der Waals surface area contributed by atoms with Crippen LogP contribution in [0.5, 0.6) is 0 Å². The van der Waals surface area contributed by atoms with E-state index in [1.165, 1.54) is 12.3 Å². The van der Waals surface area contributed by atoms with Crippen molar-refractivity contribution in [3.8, 4) is 0 Å². The summed E-state index contributed by atoms with van der Waals surface area (Å²) in [7, 11) is 0. The van der Waals surface area contributed by atoms with Crippen molar-refractivity contribution >= 4 is 5.82 Å². The summed E-state index contributed by atoms with van der Waals surface area (Å²) in [5, 5.41) is 0. The molecule has 0 spiro atoms. The van der Waals surface area contributed by atoms with Gasteiger partial charge in [0.05, 0.1) is 6.20 Å². The summed E-state index contributed by atoms with van der Waals surface area (Å²) < 4.78 is 12.8. The number of rotatable bonds is 2. The van der Waals surface area contributed by atoms with Gasteiger partial charge < -0.3 is 10.6 Å². The van der Waals surface area contributed by atoms with Gasteiger partial charge in [0.25, 0.3) is 0 Å². The molecule has 4 heteroatoms. The van der Waals surface area contributed by atoms with Gasteiger partial charge in [-0.1, -0.05) is 13.3 Å². The highest BCUT2D eigenvalue weighted by Gasteiger charge is 2.25. The standard InChI is InChI=1S/C12H18FN3/c1-2-9-8-16(6-5-11(9)14)12-4-3-10(13)7-15-12/h3-4,7,9,11H,2,5-6,8,14H2,1H3. The molecule has 88 valence electrons. The van der Waals surface area contributed by atoms with Gasteiger partial charge >= 0.3 is 0 Å². The van der Waals surface area contributed by atoms with Crippen LogP contribution in [-0.2, 0) is 0 Å². The Balaban J connectivity index is 2.08. The molecule has 3 nitrogen and oxygen atoms in total. The molecule has 1 saturated heterocycles. The minimum absolute atomic E-state index is 0.287. The van der Waals surface area contributed by atoms with Crippen molar-refractivity contribution in [3.63, 3.8) is 0 Å². The monoisotopic (exact) mass is 223 g/mol. The molecule has 2 atom stereocenters. The summed E-state index contributed by atoms with van der Waals surface area (Å²) in [5.74, 6) is 1.08.